The SMILES string of the molecule is CCn1nc(C)c(S(=O)(=O)N2CCC[C@H]2c2ccco2)c1C. The zero-order valence-corrected chi connectivity index (χ0v) is 13.9. The van der Waals surface area contributed by atoms with E-state index in [1.165, 1.54) is 0 Å². The van der Waals surface area contributed by atoms with Crippen LogP contribution in [0.25, 0.3) is 0 Å². The molecule has 2 aromatic heterocycles. The molecule has 7 heteroatoms. The van der Waals surface area contributed by atoms with E-state index in [1.54, 1.807) is 28.2 Å². The van der Waals surface area contributed by atoms with Crippen LogP contribution in [0.5, 0.6) is 0 Å². The van der Waals surface area contributed by atoms with Gasteiger partial charge in [0.25, 0.3) is 0 Å². The molecular formula is C15H21N3O3S. The standard InChI is InChI=1S/C15H21N3O3S/c1-4-17-12(3)15(11(2)16-17)22(19,20)18-9-5-7-13(18)14-8-6-10-21-14/h6,8,10,13H,4-5,7,9H2,1-3H3/t13-/m0/s1. The first-order valence-corrected chi connectivity index (χ1v) is 9.00. The number of aromatic nitrogens is 2. The molecule has 0 unspecified atom stereocenters. The Balaban J connectivity index is 2.05. The summed E-state index contributed by atoms with van der Waals surface area (Å²) in [6.45, 7) is 6.70. The van der Waals surface area contributed by atoms with E-state index in [2.05, 4.69) is 5.10 Å². The lowest BCUT2D eigenvalue weighted by Crippen LogP contribution is -2.31. The molecular weight excluding hydrogens is 302 g/mol. The summed E-state index contributed by atoms with van der Waals surface area (Å²) in [4.78, 5) is 0.341. The summed E-state index contributed by atoms with van der Waals surface area (Å²) < 4.78 is 35.0. The van der Waals surface area contributed by atoms with E-state index in [-0.39, 0.29) is 6.04 Å². The monoisotopic (exact) mass is 323 g/mol. The summed E-state index contributed by atoms with van der Waals surface area (Å²) >= 11 is 0. The van der Waals surface area contributed by atoms with Gasteiger partial charge in [-0.2, -0.15) is 9.40 Å². The second-order valence-corrected chi connectivity index (χ2v) is 7.43. The quantitative estimate of drug-likeness (QED) is 0.867. The van der Waals surface area contributed by atoms with Crippen molar-refractivity contribution in [2.75, 3.05) is 6.54 Å². The van der Waals surface area contributed by atoms with Gasteiger partial charge in [-0.25, -0.2) is 8.42 Å². The highest BCUT2D eigenvalue weighted by Crippen LogP contribution is 2.38. The molecule has 1 aliphatic rings. The Morgan fingerprint density at radius 3 is 2.77 bits per heavy atom. The van der Waals surface area contributed by atoms with Crippen LogP contribution in [-0.4, -0.2) is 29.0 Å². The van der Waals surface area contributed by atoms with Gasteiger partial charge in [0.2, 0.25) is 10.0 Å². The average Bonchev–Trinajstić information content (AvgIpc) is 3.16. The maximum Gasteiger partial charge on any atom is 0.247 e. The van der Waals surface area contributed by atoms with Crippen molar-refractivity contribution in [2.24, 2.45) is 0 Å². The molecule has 0 N–H and O–H groups in total. The van der Waals surface area contributed by atoms with Gasteiger partial charge in [-0.1, -0.05) is 0 Å². The van der Waals surface area contributed by atoms with Crippen molar-refractivity contribution in [1.29, 1.82) is 0 Å². The van der Waals surface area contributed by atoms with Crippen LogP contribution in [0.1, 0.15) is 43.0 Å². The van der Waals surface area contributed by atoms with Crippen LogP contribution >= 0.6 is 0 Å². The number of hydrogen-bond acceptors (Lipinski definition) is 4. The molecule has 22 heavy (non-hydrogen) atoms. The van der Waals surface area contributed by atoms with Crippen molar-refractivity contribution in [3.05, 3.63) is 35.5 Å². The number of furan rings is 1. The van der Waals surface area contributed by atoms with Crippen LogP contribution in [-0.2, 0) is 16.6 Å². The maximum absolute atomic E-state index is 13.1. The zero-order valence-electron chi connectivity index (χ0n) is 13.1. The second-order valence-electron chi connectivity index (χ2n) is 5.60. The van der Waals surface area contributed by atoms with E-state index >= 15 is 0 Å². The number of aryl methyl sites for hydroxylation is 2. The van der Waals surface area contributed by atoms with Gasteiger partial charge in [0, 0.05) is 13.1 Å². The molecule has 0 amide bonds. The molecule has 0 aromatic carbocycles. The molecule has 0 spiro atoms. The molecule has 1 fully saturated rings. The van der Waals surface area contributed by atoms with Crippen molar-refractivity contribution in [1.82, 2.24) is 14.1 Å². The van der Waals surface area contributed by atoms with Crippen molar-refractivity contribution in [3.63, 3.8) is 0 Å². The Bertz CT molecular complexity index is 762. The fourth-order valence-corrected chi connectivity index (χ4v) is 5.31. The minimum absolute atomic E-state index is 0.219. The molecule has 0 saturated carbocycles. The Kier molecular flexibility index (Phi) is 3.86. The normalized spacial score (nSPS) is 19.9. The van der Waals surface area contributed by atoms with Gasteiger partial charge in [-0.05, 0) is 45.7 Å². The van der Waals surface area contributed by atoms with Gasteiger partial charge >= 0.3 is 0 Å². The Morgan fingerprint density at radius 1 is 1.41 bits per heavy atom. The predicted molar refractivity (Wildman–Crippen MR) is 81.9 cm³/mol. The van der Waals surface area contributed by atoms with Crippen LogP contribution in [0, 0.1) is 13.8 Å². The number of nitrogens with zero attached hydrogens (tertiary/aromatic N) is 3. The third kappa shape index (κ3) is 2.28. The first-order valence-electron chi connectivity index (χ1n) is 7.56. The molecule has 1 atom stereocenters. The first kappa shape index (κ1) is 15.3. The summed E-state index contributed by atoms with van der Waals surface area (Å²) in [5, 5.41) is 4.34. The van der Waals surface area contributed by atoms with Crippen LogP contribution in [0.3, 0.4) is 0 Å². The summed E-state index contributed by atoms with van der Waals surface area (Å²) in [5.74, 6) is 0.708. The Morgan fingerprint density at radius 2 is 2.18 bits per heavy atom. The van der Waals surface area contributed by atoms with Crippen molar-refractivity contribution < 1.29 is 12.8 Å². The topological polar surface area (TPSA) is 68.3 Å². The van der Waals surface area contributed by atoms with E-state index < -0.39 is 10.0 Å². The van der Waals surface area contributed by atoms with Gasteiger partial charge in [-0.3, -0.25) is 4.68 Å². The fourth-order valence-electron chi connectivity index (χ4n) is 3.27. The van der Waals surface area contributed by atoms with Crippen molar-refractivity contribution >= 4 is 10.0 Å². The fraction of sp³-hybridized carbons (Fsp3) is 0.533. The summed E-state index contributed by atoms with van der Waals surface area (Å²) in [6.07, 6.45) is 3.21. The molecule has 6 nitrogen and oxygen atoms in total. The van der Waals surface area contributed by atoms with Crippen LogP contribution in [0.2, 0.25) is 0 Å². The predicted octanol–water partition coefficient (Wildman–Crippen LogP) is 2.64. The summed E-state index contributed by atoms with van der Waals surface area (Å²) in [6, 6.07) is 3.42. The number of rotatable bonds is 4. The first-order chi connectivity index (χ1) is 10.5. The van der Waals surface area contributed by atoms with Gasteiger partial charge in [0.1, 0.15) is 10.7 Å². The highest BCUT2D eigenvalue weighted by molar-refractivity contribution is 7.89. The lowest BCUT2D eigenvalue weighted by molar-refractivity contribution is 0.339. The molecule has 1 aliphatic heterocycles. The third-order valence-electron chi connectivity index (χ3n) is 4.26. The highest BCUT2D eigenvalue weighted by atomic mass is 32.2. The Labute approximate surface area is 130 Å². The smallest absolute Gasteiger partial charge is 0.247 e. The van der Waals surface area contributed by atoms with Crippen LogP contribution in [0.15, 0.2) is 27.7 Å². The third-order valence-corrected chi connectivity index (χ3v) is 6.42. The van der Waals surface area contributed by atoms with Gasteiger partial charge in [0.05, 0.1) is 23.7 Å². The summed E-state index contributed by atoms with van der Waals surface area (Å²) in [7, 11) is -3.57. The molecule has 0 aliphatic carbocycles. The van der Waals surface area contributed by atoms with Crippen molar-refractivity contribution in [2.45, 2.75) is 51.1 Å². The van der Waals surface area contributed by atoms with Gasteiger partial charge in [-0.15, -0.1) is 0 Å². The zero-order chi connectivity index (χ0) is 15.9. The second kappa shape index (κ2) is 5.55. The van der Waals surface area contributed by atoms with Crippen LogP contribution < -0.4 is 0 Å². The minimum Gasteiger partial charge on any atom is -0.468 e. The number of hydrogen-bond donors (Lipinski definition) is 0. The molecule has 3 heterocycles. The van der Waals surface area contributed by atoms with E-state index in [0.717, 1.165) is 12.8 Å². The van der Waals surface area contributed by atoms with E-state index in [9.17, 15) is 8.42 Å². The largest absolute Gasteiger partial charge is 0.468 e. The molecule has 2 aromatic rings. The molecule has 3 rings (SSSR count). The highest BCUT2D eigenvalue weighted by Gasteiger charge is 2.40. The maximum atomic E-state index is 13.1. The minimum atomic E-state index is -3.57. The van der Waals surface area contributed by atoms with Crippen molar-refractivity contribution in [3.8, 4) is 0 Å². The molecule has 0 bridgehead atoms. The lowest BCUT2D eigenvalue weighted by Gasteiger charge is -2.22. The summed E-state index contributed by atoms with van der Waals surface area (Å²) in [5.41, 5.74) is 1.26. The molecule has 1 saturated heterocycles. The molecule has 0 radical (unpaired) electrons. The Hall–Kier alpha value is -1.60. The van der Waals surface area contributed by atoms with Gasteiger partial charge in [0.15, 0.2) is 0 Å². The van der Waals surface area contributed by atoms with E-state index in [1.807, 2.05) is 19.9 Å². The number of sulfonamides is 1. The van der Waals surface area contributed by atoms with Gasteiger partial charge < -0.3 is 4.42 Å². The average molecular weight is 323 g/mol. The van der Waals surface area contributed by atoms with E-state index in [4.69, 9.17) is 4.42 Å². The van der Waals surface area contributed by atoms with E-state index in [0.29, 0.717) is 35.1 Å². The lowest BCUT2D eigenvalue weighted by atomic mass is 10.2. The van der Waals surface area contributed by atoms with Crippen LogP contribution in [0.4, 0.5) is 0 Å². The molecule has 120 valence electrons.